The Bertz CT molecular complexity index is 977. The largest absolute Gasteiger partial charge is 0.365 e. The molecule has 1 aromatic heterocycles. The van der Waals surface area contributed by atoms with E-state index in [-0.39, 0.29) is 0 Å². The molecular weight excluding hydrogens is 304 g/mol. The first-order chi connectivity index (χ1) is 12.4. The van der Waals surface area contributed by atoms with Crippen LogP contribution >= 0.6 is 0 Å². The van der Waals surface area contributed by atoms with Crippen LogP contribution in [-0.4, -0.2) is 4.57 Å². The van der Waals surface area contributed by atoms with Crippen LogP contribution in [0.5, 0.6) is 0 Å². The molecule has 0 aliphatic carbocycles. The molecule has 2 heteroatoms. The molecule has 1 aliphatic heterocycles. The number of hydrogen-bond donors (Lipinski definition) is 1. The van der Waals surface area contributed by atoms with E-state index in [0.29, 0.717) is 0 Å². The van der Waals surface area contributed by atoms with Gasteiger partial charge in [0.05, 0.1) is 17.1 Å². The normalized spacial score (nSPS) is 14.2. The minimum absolute atomic E-state index is 0.416. The molecule has 2 nitrogen and oxygen atoms in total. The molecule has 0 fully saturated rings. The number of benzene rings is 3. The van der Waals surface area contributed by atoms with Gasteiger partial charge in [0.25, 0.3) is 0 Å². The molecule has 0 amide bonds. The summed E-state index contributed by atoms with van der Waals surface area (Å²) in [6.45, 7) is 0. The van der Waals surface area contributed by atoms with Gasteiger partial charge in [-0.15, -0.1) is 0 Å². The Labute approximate surface area is 147 Å². The molecule has 0 atom stereocenters. The topological polar surface area (TPSA) is 17.0 Å². The van der Waals surface area contributed by atoms with E-state index in [1.54, 1.807) is 0 Å². The van der Waals surface area contributed by atoms with Gasteiger partial charge in [-0.25, -0.2) is 0 Å². The van der Waals surface area contributed by atoms with E-state index in [0.717, 1.165) is 5.69 Å². The van der Waals surface area contributed by atoms with Gasteiger partial charge < -0.3 is 9.88 Å². The molecule has 0 spiro atoms. The van der Waals surface area contributed by atoms with Crippen molar-refractivity contribution >= 4 is 5.69 Å². The molecule has 0 saturated carbocycles. The zero-order chi connectivity index (χ0) is 16.7. The third kappa shape index (κ3) is 1.97. The summed E-state index contributed by atoms with van der Waals surface area (Å²) in [4.78, 5) is 0. The maximum absolute atomic E-state index is 3.86. The van der Waals surface area contributed by atoms with Crippen molar-refractivity contribution in [2.45, 2.75) is 5.54 Å². The van der Waals surface area contributed by atoms with Gasteiger partial charge in [-0.05, 0) is 35.4 Å². The van der Waals surface area contributed by atoms with E-state index in [2.05, 4.69) is 113 Å². The molecule has 2 heterocycles. The Kier molecular flexibility index (Phi) is 3.04. The first-order valence-corrected chi connectivity index (χ1v) is 8.56. The van der Waals surface area contributed by atoms with Gasteiger partial charge in [-0.3, -0.25) is 0 Å². The zero-order valence-electron chi connectivity index (χ0n) is 13.8. The molecule has 5 rings (SSSR count). The second-order valence-electron chi connectivity index (χ2n) is 6.39. The minimum Gasteiger partial charge on any atom is -0.365 e. The lowest BCUT2D eigenvalue weighted by atomic mass is 9.78. The van der Waals surface area contributed by atoms with Crippen LogP contribution in [-0.2, 0) is 5.54 Å². The van der Waals surface area contributed by atoms with Crippen LogP contribution in [0.25, 0.3) is 5.69 Å². The van der Waals surface area contributed by atoms with Crippen molar-refractivity contribution in [1.82, 2.24) is 4.57 Å². The molecule has 25 heavy (non-hydrogen) atoms. The zero-order valence-corrected chi connectivity index (χ0v) is 13.8. The highest BCUT2D eigenvalue weighted by Crippen LogP contribution is 2.45. The average molecular weight is 322 g/mol. The van der Waals surface area contributed by atoms with Gasteiger partial charge in [0.15, 0.2) is 0 Å². The van der Waals surface area contributed by atoms with Gasteiger partial charge in [-0.2, -0.15) is 0 Å². The van der Waals surface area contributed by atoms with E-state index in [4.69, 9.17) is 0 Å². The predicted molar refractivity (Wildman–Crippen MR) is 102 cm³/mol. The fourth-order valence-corrected chi connectivity index (χ4v) is 3.94. The molecule has 0 unspecified atom stereocenters. The summed E-state index contributed by atoms with van der Waals surface area (Å²) < 4.78 is 2.30. The summed E-state index contributed by atoms with van der Waals surface area (Å²) in [5.41, 5.74) is 5.60. The fraction of sp³-hybridized carbons (Fsp3) is 0.0435. The third-order valence-electron chi connectivity index (χ3n) is 5.03. The summed E-state index contributed by atoms with van der Waals surface area (Å²) in [6, 6.07) is 34.2. The second-order valence-corrected chi connectivity index (χ2v) is 6.39. The van der Waals surface area contributed by atoms with Crippen LogP contribution in [0.1, 0.15) is 16.8 Å². The Morgan fingerprint density at radius 1 is 0.600 bits per heavy atom. The number of aromatic nitrogens is 1. The first-order valence-electron chi connectivity index (χ1n) is 8.56. The van der Waals surface area contributed by atoms with Gasteiger partial charge in [-0.1, -0.05) is 72.8 Å². The van der Waals surface area contributed by atoms with Crippen molar-refractivity contribution in [2.75, 3.05) is 5.32 Å². The molecule has 4 aromatic rings. The minimum atomic E-state index is -0.416. The van der Waals surface area contributed by atoms with Gasteiger partial charge in [0.1, 0.15) is 5.54 Å². The summed E-state index contributed by atoms with van der Waals surface area (Å²) in [6.07, 6.45) is 2.15. The summed E-state index contributed by atoms with van der Waals surface area (Å²) in [7, 11) is 0. The highest BCUT2D eigenvalue weighted by molar-refractivity contribution is 5.71. The average Bonchev–Trinajstić information content (AvgIpc) is 3.19. The van der Waals surface area contributed by atoms with Crippen molar-refractivity contribution in [3.8, 4) is 5.69 Å². The van der Waals surface area contributed by atoms with E-state index in [1.165, 1.54) is 22.5 Å². The number of rotatable bonds is 2. The SMILES string of the molecule is c1ccc(C2(c3ccccc3)Nc3ccccc3-n3cccc32)cc1. The van der Waals surface area contributed by atoms with Crippen LogP contribution in [0.4, 0.5) is 5.69 Å². The third-order valence-corrected chi connectivity index (χ3v) is 5.03. The smallest absolute Gasteiger partial charge is 0.129 e. The number of nitrogens with zero attached hydrogens (tertiary/aromatic N) is 1. The standard InChI is InChI=1S/C23H18N2/c1-3-10-18(11-4-1)23(19-12-5-2-6-13-19)22-16-9-17-25(22)21-15-8-7-14-20(21)24-23/h1-17,24H. The number of para-hydroxylation sites is 2. The van der Waals surface area contributed by atoms with Crippen LogP contribution in [0, 0.1) is 0 Å². The molecule has 0 radical (unpaired) electrons. The van der Waals surface area contributed by atoms with Crippen LogP contribution in [0.3, 0.4) is 0 Å². The van der Waals surface area contributed by atoms with Crippen LogP contribution < -0.4 is 5.32 Å². The van der Waals surface area contributed by atoms with Gasteiger partial charge in [0, 0.05) is 6.20 Å². The molecular formula is C23H18N2. The Balaban J connectivity index is 1.87. The summed E-state index contributed by atoms with van der Waals surface area (Å²) in [5, 5.41) is 3.86. The number of fused-ring (bicyclic) bond motifs is 3. The van der Waals surface area contributed by atoms with Crippen molar-refractivity contribution in [3.63, 3.8) is 0 Å². The van der Waals surface area contributed by atoms with Crippen molar-refractivity contribution in [3.05, 3.63) is 120 Å². The van der Waals surface area contributed by atoms with Crippen molar-refractivity contribution in [2.24, 2.45) is 0 Å². The van der Waals surface area contributed by atoms with E-state index in [9.17, 15) is 0 Å². The van der Waals surface area contributed by atoms with E-state index < -0.39 is 5.54 Å². The number of anilines is 1. The summed E-state index contributed by atoms with van der Waals surface area (Å²) >= 11 is 0. The fourth-order valence-electron chi connectivity index (χ4n) is 3.94. The Hall–Kier alpha value is -3.26. The number of hydrogen-bond acceptors (Lipinski definition) is 1. The van der Waals surface area contributed by atoms with Gasteiger partial charge >= 0.3 is 0 Å². The molecule has 120 valence electrons. The lowest BCUT2D eigenvalue weighted by Crippen LogP contribution is -2.42. The number of nitrogens with one attached hydrogen (secondary N) is 1. The maximum Gasteiger partial charge on any atom is 0.129 e. The molecule has 1 aliphatic rings. The van der Waals surface area contributed by atoms with Gasteiger partial charge in [0.2, 0.25) is 0 Å². The molecule has 1 N–H and O–H groups in total. The molecule has 0 saturated heterocycles. The monoisotopic (exact) mass is 322 g/mol. The Morgan fingerprint density at radius 2 is 1.20 bits per heavy atom. The highest BCUT2D eigenvalue weighted by atomic mass is 15.1. The second kappa shape index (κ2) is 5.38. The van der Waals surface area contributed by atoms with Crippen LogP contribution in [0.15, 0.2) is 103 Å². The summed E-state index contributed by atoms with van der Waals surface area (Å²) in [5.74, 6) is 0. The first kappa shape index (κ1) is 14.1. The lowest BCUT2D eigenvalue weighted by Gasteiger charge is -2.42. The highest BCUT2D eigenvalue weighted by Gasteiger charge is 2.41. The van der Waals surface area contributed by atoms with Crippen molar-refractivity contribution < 1.29 is 0 Å². The lowest BCUT2D eigenvalue weighted by molar-refractivity contribution is 0.646. The van der Waals surface area contributed by atoms with E-state index >= 15 is 0 Å². The maximum atomic E-state index is 3.86. The van der Waals surface area contributed by atoms with Crippen molar-refractivity contribution in [1.29, 1.82) is 0 Å². The quantitative estimate of drug-likeness (QED) is 0.537. The van der Waals surface area contributed by atoms with E-state index in [1.807, 2.05) is 0 Å². The van der Waals surface area contributed by atoms with Crippen LogP contribution in [0.2, 0.25) is 0 Å². The Morgan fingerprint density at radius 3 is 1.88 bits per heavy atom. The molecule has 3 aromatic carbocycles. The predicted octanol–water partition coefficient (Wildman–Crippen LogP) is 5.19. The molecule has 0 bridgehead atoms.